The van der Waals surface area contributed by atoms with E-state index in [9.17, 15) is 0 Å². The number of rotatable bonds is 3. The highest BCUT2D eigenvalue weighted by molar-refractivity contribution is 6.35. The number of benzene rings is 2. The molecule has 27 heavy (non-hydrogen) atoms. The molecule has 140 valence electrons. The third kappa shape index (κ3) is 3.20. The molecule has 3 heterocycles. The largest absolute Gasteiger partial charge is 0.368 e. The zero-order valence-corrected chi connectivity index (χ0v) is 16.2. The van der Waals surface area contributed by atoms with Gasteiger partial charge in [-0.2, -0.15) is 0 Å². The van der Waals surface area contributed by atoms with Gasteiger partial charge in [-0.1, -0.05) is 53.5 Å². The van der Waals surface area contributed by atoms with Gasteiger partial charge in [0.2, 0.25) is 0 Å². The van der Waals surface area contributed by atoms with Crippen molar-refractivity contribution < 1.29 is 4.74 Å². The Morgan fingerprint density at radius 3 is 2.74 bits per heavy atom. The smallest absolute Gasteiger partial charge is 0.0939 e. The standard InChI is InChI=1S/C20H20Cl2N4O/c21-14-6-7-15(16(22)8-14)20-18-12-27-19-11-25(9-13-4-2-1-3-5-13)10-17(19)26(18)24-23-20/h1-8,17,19,23-24H,9-12H2/t17-,19-/m1/s1. The molecule has 0 amide bonds. The summed E-state index contributed by atoms with van der Waals surface area (Å²) in [4.78, 5) is 2.45. The van der Waals surface area contributed by atoms with Gasteiger partial charge in [0.1, 0.15) is 0 Å². The molecule has 0 aliphatic carbocycles. The Hall–Kier alpha value is -1.76. The Bertz CT molecular complexity index is 889. The van der Waals surface area contributed by atoms with Crippen molar-refractivity contribution in [2.45, 2.75) is 18.7 Å². The lowest BCUT2D eigenvalue weighted by molar-refractivity contribution is -0.0321. The van der Waals surface area contributed by atoms with E-state index >= 15 is 0 Å². The number of likely N-dealkylation sites (tertiary alicyclic amines) is 1. The van der Waals surface area contributed by atoms with Gasteiger partial charge < -0.3 is 10.2 Å². The van der Waals surface area contributed by atoms with Gasteiger partial charge in [-0.05, 0) is 23.8 Å². The first-order valence-electron chi connectivity index (χ1n) is 9.06. The third-order valence-electron chi connectivity index (χ3n) is 5.41. The topological polar surface area (TPSA) is 39.8 Å². The van der Waals surface area contributed by atoms with Crippen LogP contribution in [-0.2, 0) is 11.3 Å². The number of nitrogens with zero attached hydrogens (tertiary/aromatic N) is 2. The molecule has 3 aliphatic rings. The fourth-order valence-electron chi connectivity index (χ4n) is 4.12. The molecule has 0 bridgehead atoms. The van der Waals surface area contributed by atoms with E-state index in [2.05, 4.69) is 51.2 Å². The maximum absolute atomic E-state index is 6.41. The maximum atomic E-state index is 6.41. The molecule has 5 nitrogen and oxygen atoms in total. The van der Waals surface area contributed by atoms with Crippen molar-refractivity contribution in [3.05, 3.63) is 75.4 Å². The van der Waals surface area contributed by atoms with Crippen LogP contribution in [-0.4, -0.2) is 41.8 Å². The SMILES string of the molecule is Clc1ccc(C2=C3CO[C@@H]4CN(Cc5ccccc5)C[C@H]4N3NN2)c(Cl)c1. The van der Waals surface area contributed by atoms with E-state index in [4.69, 9.17) is 27.9 Å². The fourth-order valence-corrected chi connectivity index (χ4v) is 4.62. The summed E-state index contributed by atoms with van der Waals surface area (Å²) >= 11 is 12.5. The molecule has 0 saturated carbocycles. The molecule has 2 aromatic carbocycles. The number of ether oxygens (including phenoxy) is 1. The Balaban J connectivity index is 1.37. The number of halogens is 2. The second-order valence-corrected chi connectivity index (χ2v) is 7.99. The number of hydrazine groups is 2. The highest BCUT2D eigenvalue weighted by Crippen LogP contribution is 2.35. The molecular weight excluding hydrogens is 383 g/mol. The third-order valence-corrected chi connectivity index (χ3v) is 5.96. The highest BCUT2D eigenvalue weighted by atomic mass is 35.5. The van der Waals surface area contributed by atoms with Gasteiger partial charge in [-0.3, -0.25) is 9.91 Å². The van der Waals surface area contributed by atoms with E-state index in [0.29, 0.717) is 16.7 Å². The second-order valence-electron chi connectivity index (χ2n) is 7.15. The van der Waals surface area contributed by atoms with Crippen LogP contribution in [0.3, 0.4) is 0 Å². The van der Waals surface area contributed by atoms with Crippen LogP contribution in [0.5, 0.6) is 0 Å². The molecule has 3 aliphatic heterocycles. The van der Waals surface area contributed by atoms with Gasteiger partial charge in [0.15, 0.2) is 0 Å². The molecule has 0 aromatic heterocycles. The van der Waals surface area contributed by atoms with E-state index in [-0.39, 0.29) is 12.1 Å². The minimum atomic E-state index is 0.187. The molecule has 7 heteroatoms. The van der Waals surface area contributed by atoms with Gasteiger partial charge in [0.25, 0.3) is 0 Å². The highest BCUT2D eigenvalue weighted by Gasteiger charge is 2.44. The van der Waals surface area contributed by atoms with Crippen LogP contribution in [0.15, 0.2) is 54.2 Å². The first-order chi connectivity index (χ1) is 13.2. The van der Waals surface area contributed by atoms with Gasteiger partial charge in [-0.15, -0.1) is 5.53 Å². The molecule has 0 spiro atoms. The van der Waals surface area contributed by atoms with Crippen molar-refractivity contribution >= 4 is 28.9 Å². The Morgan fingerprint density at radius 2 is 1.93 bits per heavy atom. The van der Waals surface area contributed by atoms with Crippen molar-refractivity contribution in [2.75, 3.05) is 19.7 Å². The molecule has 0 unspecified atom stereocenters. The lowest BCUT2D eigenvalue weighted by atomic mass is 10.1. The fraction of sp³-hybridized carbons (Fsp3) is 0.300. The summed E-state index contributed by atoms with van der Waals surface area (Å²) in [7, 11) is 0. The maximum Gasteiger partial charge on any atom is 0.0939 e. The lowest BCUT2D eigenvalue weighted by Gasteiger charge is -2.36. The second kappa shape index (κ2) is 7.00. The molecule has 2 aromatic rings. The van der Waals surface area contributed by atoms with Crippen molar-refractivity contribution in [2.24, 2.45) is 0 Å². The van der Waals surface area contributed by atoms with Crippen LogP contribution >= 0.6 is 23.2 Å². The zero-order valence-electron chi connectivity index (χ0n) is 14.7. The zero-order chi connectivity index (χ0) is 18.4. The van der Waals surface area contributed by atoms with E-state index in [1.54, 1.807) is 6.07 Å². The van der Waals surface area contributed by atoms with Gasteiger partial charge in [0, 0.05) is 30.2 Å². The summed E-state index contributed by atoms with van der Waals surface area (Å²) in [6, 6.07) is 16.4. The van der Waals surface area contributed by atoms with Crippen molar-refractivity contribution in [1.29, 1.82) is 0 Å². The van der Waals surface area contributed by atoms with Crippen LogP contribution in [0.1, 0.15) is 11.1 Å². The minimum absolute atomic E-state index is 0.187. The van der Waals surface area contributed by atoms with Crippen LogP contribution < -0.4 is 11.0 Å². The van der Waals surface area contributed by atoms with Crippen LogP contribution in [0, 0.1) is 0 Å². The van der Waals surface area contributed by atoms with Crippen molar-refractivity contribution in [1.82, 2.24) is 20.9 Å². The molecular formula is C20H20Cl2N4O. The van der Waals surface area contributed by atoms with Crippen LogP contribution in [0.4, 0.5) is 0 Å². The Labute approximate surface area is 168 Å². The molecule has 2 N–H and O–H groups in total. The van der Waals surface area contributed by atoms with Crippen molar-refractivity contribution in [3.63, 3.8) is 0 Å². The predicted molar refractivity (Wildman–Crippen MR) is 107 cm³/mol. The minimum Gasteiger partial charge on any atom is -0.368 e. The predicted octanol–water partition coefficient (Wildman–Crippen LogP) is 3.27. The van der Waals surface area contributed by atoms with Crippen LogP contribution in [0.2, 0.25) is 10.0 Å². The summed E-state index contributed by atoms with van der Waals surface area (Å²) in [5.74, 6) is 0. The summed E-state index contributed by atoms with van der Waals surface area (Å²) in [6.07, 6.45) is 0.187. The van der Waals surface area contributed by atoms with Gasteiger partial charge in [-0.25, -0.2) is 0 Å². The number of fused-ring (bicyclic) bond motifs is 3. The number of hydrogen-bond donors (Lipinski definition) is 2. The summed E-state index contributed by atoms with van der Waals surface area (Å²) < 4.78 is 6.21. The first-order valence-corrected chi connectivity index (χ1v) is 9.82. The molecule has 2 saturated heterocycles. The summed E-state index contributed by atoms with van der Waals surface area (Å²) in [5, 5.41) is 3.46. The molecule has 5 rings (SSSR count). The van der Waals surface area contributed by atoms with E-state index in [0.717, 1.165) is 36.6 Å². The van der Waals surface area contributed by atoms with Crippen LogP contribution in [0.25, 0.3) is 5.70 Å². The van der Waals surface area contributed by atoms with E-state index in [1.165, 1.54) is 5.56 Å². The van der Waals surface area contributed by atoms with E-state index < -0.39 is 0 Å². The quantitative estimate of drug-likeness (QED) is 0.824. The molecule has 2 fully saturated rings. The van der Waals surface area contributed by atoms with Gasteiger partial charge in [0.05, 0.1) is 35.2 Å². The molecule has 2 atom stereocenters. The Kier molecular flexibility index (Phi) is 4.50. The first kappa shape index (κ1) is 17.3. The average Bonchev–Trinajstić information content (AvgIpc) is 3.26. The number of hydrogen-bond acceptors (Lipinski definition) is 5. The normalized spacial score (nSPS) is 24.7. The summed E-state index contributed by atoms with van der Waals surface area (Å²) in [6.45, 7) is 3.36. The number of morpholine rings is 1. The monoisotopic (exact) mass is 402 g/mol. The summed E-state index contributed by atoms with van der Waals surface area (Å²) in [5.41, 5.74) is 10.9. The number of nitrogens with one attached hydrogen (secondary N) is 2. The lowest BCUT2D eigenvalue weighted by Crippen LogP contribution is -2.54. The van der Waals surface area contributed by atoms with Gasteiger partial charge >= 0.3 is 0 Å². The average molecular weight is 403 g/mol. The Morgan fingerprint density at radius 1 is 1.07 bits per heavy atom. The van der Waals surface area contributed by atoms with Crippen molar-refractivity contribution in [3.8, 4) is 0 Å². The molecule has 0 radical (unpaired) electrons. The van der Waals surface area contributed by atoms with E-state index in [1.807, 2.05) is 12.1 Å².